The summed E-state index contributed by atoms with van der Waals surface area (Å²) >= 11 is 5.99. The summed E-state index contributed by atoms with van der Waals surface area (Å²) in [6, 6.07) is 9.75. The van der Waals surface area contributed by atoms with Crippen molar-refractivity contribution < 1.29 is 4.79 Å². The van der Waals surface area contributed by atoms with Gasteiger partial charge in [-0.3, -0.25) is 4.79 Å². The smallest absolute Gasteiger partial charge is 0.255 e. The van der Waals surface area contributed by atoms with Gasteiger partial charge in [0.15, 0.2) is 0 Å². The molecule has 0 saturated carbocycles. The maximum Gasteiger partial charge on any atom is 0.255 e. The molecule has 1 N–H and O–H groups in total. The van der Waals surface area contributed by atoms with Crippen LogP contribution in [-0.2, 0) is 0 Å². The number of hydrogen-bond acceptors (Lipinski definition) is 2. The van der Waals surface area contributed by atoms with Crippen LogP contribution in [0.1, 0.15) is 21.7 Å². The third kappa shape index (κ3) is 3.19. The number of hydrogen-bond donors (Lipinski definition) is 1. The predicted octanol–water partition coefficient (Wildman–Crippen LogP) is 3.46. The molecule has 2 aliphatic heterocycles. The van der Waals surface area contributed by atoms with E-state index in [2.05, 4.69) is 9.88 Å². The van der Waals surface area contributed by atoms with Crippen molar-refractivity contribution in [1.82, 2.24) is 14.8 Å². The Morgan fingerprint density at radius 2 is 1.72 bits per heavy atom. The summed E-state index contributed by atoms with van der Waals surface area (Å²) in [6.45, 7) is 7.90. The number of rotatable bonds is 2. The standard InChI is InChI=1S/C19H22ClN3O.ClH/c1-12-7-18(13(2)23(12)17-5-3-16(20)4-6-17)19(24)22-10-14-8-21-9-15(14)11-22;/h3-7,14-15,21H,8-11H2,1-2H3;1H/t14-,15+;. The summed E-state index contributed by atoms with van der Waals surface area (Å²) in [5.74, 6) is 1.40. The van der Waals surface area contributed by atoms with Gasteiger partial charge in [0.2, 0.25) is 0 Å². The third-order valence-corrected chi connectivity index (χ3v) is 5.68. The topological polar surface area (TPSA) is 37.3 Å². The second-order valence-corrected chi connectivity index (χ2v) is 7.42. The Morgan fingerprint density at radius 3 is 2.32 bits per heavy atom. The maximum atomic E-state index is 13.0. The Hall–Kier alpha value is -1.49. The van der Waals surface area contributed by atoms with Crippen LogP contribution in [0.4, 0.5) is 0 Å². The van der Waals surface area contributed by atoms with E-state index < -0.39 is 0 Å². The van der Waals surface area contributed by atoms with Crippen LogP contribution in [0, 0.1) is 25.7 Å². The molecule has 2 fully saturated rings. The molecule has 2 aromatic rings. The molecule has 2 saturated heterocycles. The molecular formula is C19H23Cl2N3O. The van der Waals surface area contributed by atoms with Crippen LogP contribution in [0.25, 0.3) is 5.69 Å². The minimum absolute atomic E-state index is 0. The van der Waals surface area contributed by atoms with Crippen LogP contribution in [0.5, 0.6) is 0 Å². The Balaban J connectivity index is 0.00000182. The Bertz CT molecular complexity index is 773. The number of likely N-dealkylation sites (tertiary alicyclic amines) is 1. The molecular weight excluding hydrogens is 357 g/mol. The Kier molecular flexibility index (Phi) is 5.14. The van der Waals surface area contributed by atoms with Crippen LogP contribution in [0.2, 0.25) is 5.02 Å². The zero-order valence-corrected chi connectivity index (χ0v) is 16.0. The molecule has 0 unspecified atom stereocenters. The van der Waals surface area contributed by atoms with E-state index in [4.69, 9.17) is 11.6 Å². The molecule has 2 atom stereocenters. The summed E-state index contributed by atoms with van der Waals surface area (Å²) in [7, 11) is 0. The van der Waals surface area contributed by atoms with Gasteiger partial charge in [0.1, 0.15) is 0 Å². The van der Waals surface area contributed by atoms with Gasteiger partial charge in [0, 0.05) is 48.3 Å². The fourth-order valence-electron chi connectivity index (χ4n) is 4.16. The van der Waals surface area contributed by atoms with Gasteiger partial charge >= 0.3 is 0 Å². The van der Waals surface area contributed by atoms with E-state index >= 15 is 0 Å². The molecule has 1 aromatic heterocycles. The average molecular weight is 380 g/mol. The van der Waals surface area contributed by atoms with Crippen molar-refractivity contribution in [3.05, 3.63) is 52.3 Å². The van der Waals surface area contributed by atoms with Crippen LogP contribution in [0.3, 0.4) is 0 Å². The number of aromatic nitrogens is 1. The number of halogens is 2. The lowest BCUT2D eigenvalue weighted by Gasteiger charge is -2.18. The number of nitrogens with zero attached hydrogens (tertiary/aromatic N) is 2. The number of fused-ring (bicyclic) bond motifs is 1. The van der Waals surface area contributed by atoms with Gasteiger partial charge in [-0.25, -0.2) is 0 Å². The molecule has 0 radical (unpaired) electrons. The Morgan fingerprint density at radius 1 is 1.12 bits per heavy atom. The van der Waals surface area contributed by atoms with E-state index in [9.17, 15) is 4.79 Å². The highest BCUT2D eigenvalue weighted by molar-refractivity contribution is 6.30. The SMILES string of the molecule is Cc1cc(C(=O)N2C[C@H]3CNC[C@H]3C2)c(C)n1-c1ccc(Cl)cc1.Cl. The highest BCUT2D eigenvalue weighted by atomic mass is 35.5. The number of benzene rings is 1. The van der Waals surface area contributed by atoms with Gasteiger partial charge in [0.05, 0.1) is 5.56 Å². The van der Waals surface area contributed by atoms with Crippen molar-refractivity contribution in [2.45, 2.75) is 13.8 Å². The quantitative estimate of drug-likeness (QED) is 0.867. The zero-order chi connectivity index (χ0) is 16.8. The maximum absolute atomic E-state index is 13.0. The molecule has 4 nitrogen and oxygen atoms in total. The zero-order valence-electron chi connectivity index (χ0n) is 14.5. The summed E-state index contributed by atoms with van der Waals surface area (Å²) in [4.78, 5) is 15.1. The summed E-state index contributed by atoms with van der Waals surface area (Å²) in [5, 5.41) is 4.14. The van der Waals surface area contributed by atoms with E-state index in [-0.39, 0.29) is 18.3 Å². The number of aryl methyl sites for hydroxylation is 1. The van der Waals surface area contributed by atoms with Gasteiger partial charge in [-0.1, -0.05) is 11.6 Å². The third-order valence-electron chi connectivity index (χ3n) is 5.42. The van der Waals surface area contributed by atoms with E-state index in [1.807, 2.05) is 49.1 Å². The van der Waals surface area contributed by atoms with Gasteiger partial charge in [0.25, 0.3) is 5.91 Å². The average Bonchev–Trinajstić information content (AvgIpc) is 3.22. The number of carbonyl (C=O) groups is 1. The molecule has 0 spiro atoms. The molecule has 25 heavy (non-hydrogen) atoms. The molecule has 0 aliphatic carbocycles. The Labute approximate surface area is 159 Å². The van der Waals surface area contributed by atoms with Crippen LogP contribution in [0.15, 0.2) is 30.3 Å². The van der Waals surface area contributed by atoms with Crippen molar-refractivity contribution >= 4 is 29.9 Å². The van der Waals surface area contributed by atoms with Gasteiger partial charge in [-0.2, -0.15) is 0 Å². The number of amides is 1. The molecule has 1 aromatic carbocycles. The molecule has 134 valence electrons. The minimum atomic E-state index is 0. The second kappa shape index (κ2) is 7.02. The molecule has 1 amide bonds. The molecule has 4 rings (SSSR count). The first kappa shape index (κ1) is 18.3. The normalized spacial score (nSPS) is 22.0. The molecule has 6 heteroatoms. The second-order valence-electron chi connectivity index (χ2n) is 6.99. The van der Waals surface area contributed by atoms with Crippen LogP contribution in [-0.4, -0.2) is 41.6 Å². The van der Waals surface area contributed by atoms with Crippen molar-refractivity contribution in [3.63, 3.8) is 0 Å². The first-order chi connectivity index (χ1) is 11.5. The number of nitrogens with one attached hydrogen (secondary N) is 1. The largest absolute Gasteiger partial charge is 0.338 e. The van der Waals surface area contributed by atoms with Crippen molar-refractivity contribution in [3.8, 4) is 5.69 Å². The van der Waals surface area contributed by atoms with Crippen LogP contribution >= 0.6 is 24.0 Å². The lowest BCUT2D eigenvalue weighted by Crippen LogP contribution is -2.32. The summed E-state index contributed by atoms with van der Waals surface area (Å²) in [5.41, 5.74) is 3.92. The molecule has 0 bridgehead atoms. The molecule has 2 aliphatic rings. The van der Waals surface area contributed by atoms with E-state index in [1.165, 1.54) is 0 Å². The van der Waals surface area contributed by atoms with Crippen LogP contribution < -0.4 is 5.32 Å². The summed E-state index contributed by atoms with van der Waals surface area (Å²) < 4.78 is 2.13. The van der Waals surface area contributed by atoms with Gasteiger partial charge in [-0.15, -0.1) is 12.4 Å². The van der Waals surface area contributed by atoms with E-state index in [1.54, 1.807) is 0 Å². The highest BCUT2D eigenvalue weighted by Crippen LogP contribution is 2.29. The fourth-order valence-corrected chi connectivity index (χ4v) is 4.28. The first-order valence-corrected chi connectivity index (χ1v) is 8.87. The predicted molar refractivity (Wildman–Crippen MR) is 103 cm³/mol. The fraction of sp³-hybridized carbons (Fsp3) is 0.421. The van der Waals surface area contributed by atoms with Crippen molar-refractivity contribution in [2.24, 2.45) is 11.8 Å². The van der Waals surface area contributed by atoms with Crippen molar-refractivity contribution in [1.29, 1.82) is 0 Å². The van der Waals surface area contributed by atoms with Crippen molar-refractivity contribution in [2.75, 3.05) is 26.2 Å². The lowest BCUT2D eigenvalue weighted by atomic mass is 10.0. The number of carbonyl (C=O) groups excluding carboxylic acids is 1. The van der Waals surface area contributed by atoms with Gasteiger partial charge < -0.3 is 14.8 Å². The lowest BCUT2D eigenvalue weighted by molar-refractivity contribution is 0.0781. The monoisotopic (exact) mass is 379 g/mol. The summed E-state index contributed by atoms with van der Waals surface area (Å²) in [6.07, 6.45) is 0. The minimum Gasteiger partial charge on any atom is -0.338 e. The van der Waals surface area contributed by atoms with E-state index in [0.29, 0.717) is 11.8 Å². The van der Waals surface area contributed by atoms with E-state index in [0.717, 1.165) is 53.8 Å². The van der Waals surface area contributed by atoms with Gasteiger partial charge in [-0.05, 0) is 56.0 Å². The highest BCUT2D eigenvalue weighted by Gasteiger charge is 2.38. The molecule has 3 heterocycles. The first-order valence-electron chi connectivity index (χ1n) is 8.49.